The van der Waals surface area contributed by atoms with Crippen LogP contribution in [0.5, 0.6) is 0 Å². The van der Waals surface area contributed by atoms with E-state index in [1.54, 1.807) is 5.32 Å². The van der Waals surface area contributed by atoms with Crippen LogP contribution in [0.2, 0.25) is 0 Å². The lowest BCUT2D eigenvalue weighted by Crippen LogP contribution is -2.32. The number of allylic oxidation sites excluding steroid dienone is 2. The first-order valence-corrected chi connectivity index (χ1v) is 4.87. The average Bonchev–Trinajstić information content (AvgIpc) is 2.14. The third-order valence-corrected chi connectivity index (χ3v) is 1.41. The number of alkyl halides is 3. The van der Waals surface area contributed by atoms with Gasteiger partial charge in [0.2, 0.25) is 0 Å². The van der Waals surface area contributed by atoms with Crippen LogP contribution in [0.3, 0.4) is 0 Å². The van der Waals surface area contributed by atoms with Gasteiger partial charge in [-0.3, -0.25) is 4.79 Å². The van der Waals surface area contributed by atoms with Crippen molar-refractivity contribution in [3.8, 4) is 0 Å². The summed E-state index contributed by atoms with van der Waals surface area (Å²) in [7, 11) is 0. The Hall–Kier alpha value is -1.26. The van der Waals surface area contributed by atoms with Gasteiger partial charge in [0.1, 0.15) is 5.70 Å². The Labute approximate surface area is 94.2 Å². The van der Waals surface area contributed by atoms with Crippen LogP contribution >= 0.6 is 0 Å². The lowest BCUT2D eigenvalue weighted by atomic mass is 10.2. The number of hydrogen-bond donors (Lipinski definition) is 1. The molecule has 0 aliphatic rings. The summed E-state index contributed by atoms with van der Waals surface area (Å²) in [6, 6.07) is 0. The van der Waals surface area contributed by atoms with Gasteiger partial charge in [-0.2, -0.15) is 13.2 Å². The minimum Gasteiger partial charge on any atom is -0.318 e. The van der Waals surface area contributed by atoms with Crippen molar-refractivity contribution >= 4 is 5.91 Å². The molecule has 0 atom stereocenters. The lowest BCUT2D eigenvalue weighted by Gasteiger charge is -2.14. The van der Waals surface area contributed by atoms with E-state index in [-0.39, 0.29) is 11.1 Å². The molecule has 0 heterocycles. The molecule has 0 unspecified atom stereocenters. The summed E-state index contributed by atoms with van der Waals surface area (Å²) in [4.78, 5) is 11.0. The zero-order chi connectivity index (χ0) is 13.5. The highest BCUT2D eigenvalue weighted by Gasteiger charge is 2.35. The van der Waals surface area contributed by atoms with Crippen LogP contribution in [0.25, 0.3) is 0 Å². The summed E-state index contributed by atoms with van der Waals surface area (Å²) in [6.07, 6.45) is -4.54. The molecule has 94 valence electrons. The maximum atomic E-state index is 12.3. The van der Waals surface area contributed by atoms with Crippen LogP contribution < -0.4 is 5.32 Å². The number of amides is 1. The molecule has 5 heteroatoms. The molecule has 0 rings (SSSR count). The first-order valence-electron chi connectivity index (χ1n) is 4.87. The van der Waals surface area contributed by atoms with Crippen LogP contribution in [0.1, 0.15) is 34.6 Å². The van der Waals surface area contributed by atoms with Gasteiger partial charge in [0, 0.05) is 5.57 Å². The standard InChI is InChI=1S/C9H12F3NO.C2H6/c1-5(2)7(9(10,11)12)13-8(14)6(3)4;1-2/h3H2,1-2,4H3,(H,13,14);1-2H3. The van der Waals surface area contributed by atoms with E-state index in [1.165, 1.54) is 20.8 Å². The maximum absolute atomic E-state index is 12.3. The molecule has 0 fully saturated rings. The molecule has 1 N–H and O–H groups in total. The van der Waals surface area contributed by atoms with Crippen molar-refractivity contribution in [1.29, 1.82) is 0 Å². The van der Waals surface area contributed by atoms with Crippen LogP contribution in [0, 0.1) is 0 Å². The fourth-order valence-corrected chi connectivity index (χ4v) is 0.700. The predicted octanol–water partition coefficient (Wildman–Crippen LogP) is 3.56. The quantitative estimate of drug-likeness (QED) is 0.731. The van der Waals surface area contributed by atoms with Crippen molar-refractivity contribution in [2.45, 2.75) is 40.8 Å². The second-order valence-corrected chi connectivity index (χ2v) is 3.11. The van der Waals surface area contributed by atoms with Crippen LogP contribution in [0.15, 0.2) is 23.4 Å². The van der Waals surface area contributed by atoms with E-state index >= 15 is 0 Å². The second kappa shape index (κ2) is 7.09. The number of nitrogens with one attached hydrogen (secondary N) is 1. The molecule has 0 saturated heterocycles. The third kappa shape index (κ3) is 6.27. The van der Waals surface area contributed by atoms with Crippen molar-refractivity contribution < 1.29 is 18.0 Å². The number of carbonyl (C=O) groups is 1. The third-order valence-electron chi connectivity index (χ3n) is 1.41. The molecule has 0 saturated carbocycles. The molecule has 2 nitrogen and oxygen atoms in total. The number of hydrogen-bond acceptors (Lipinski definition) is 1. The zero-order valence-corrected chi connectivity index (χ0v) is 10.2. The molecular formula is C11H18F3NO. The fraction of sp³-hybridized carbons (Fsp3) is 0.545. The number of carbonyl (C=O) groups excluding carboxylic acids is 1. The van der Waals surface area contributed by atoms with E-state index in [4.69, 9.17) is 0 Å². The van der Waals surface area contributed by atoms with Gasteiger partial charge in [0.15, 0.2) is 0 Å². The molecule has 0 aromatic carbocycles. The number of rotatable bonds is 2. The summed E-state index contributed by atoms with van der Waals surface area (Å²) in [5, 5.41) is 1.77. The van der Waals surface area contributed by atoms with Crippen LogP contribution in [0.4, 0.5) is 13.2 Å². The highest BCUT2D eigenvalue weighted by molar-refractivity contribution is 5.93. The molecule has 0 aromatic heterocycles. The van der Waals surface area contributed by atoms with E-state index in [1.807, 2.05) is 13.8 Å². The topological polar surface area (TPSA) is 29.1 Å². The molecular weight excluding hydrogens is 219 g/mol. The van der Waals surface area contributed by atoms with E-state index < -0.39 is 17.8 Å². The first-order chi connectivity index (χ1) is 7.16. The molecule has 16 heavy (non-hydrogen) atoms. The Morgan fingerprint density at radius 1 is 1.12 bits per heavy atom. The Kier molecular flexibility index (Phi) is 7.59. The van der Waals surface area contributed by atoms with Gasteiger partial charge in [0.05, 0.1) is 0 Å². The Balaban J connectivity index is 0. The summed E-state index contributed by atoms with van der Waals surface area (Å²) in [5.74, 6) is -0.821. The van der Waals surface area contributed by atoms with E-state index in [0.29, 0.717) is 0 Å². The number of halogens is 3. The summed E-state index contributed by atoms with van der Waals surface area (Å²) in [5.41, 5.74) is -0.981. The van der Waals surface area contributed by atoms with Gasteiger partial charge in [0.25, 0.3) is 5.91 Å². The highest BCUT2D eigenvalue weighted by Crippen LogP contribution is 2.26. The molecule has 0 bridgehead atoms. The van der Waals surface area contributed by atoms with E-state index in [9.17, 15) is 18.0 Å². The summed E-state index contributed by atoms with van der Waals surface area (Å²) >= 11 is 0. The summed E-state index contributed by atoms with van der Waals surface area (Å²) in [6.45, 7) is 11.1. The normalized spacial score (nSPS) is 9.75. The maximum Gasteiger partial charge on any atom is 0.431 e. The van der Waals surface area contributed by atoms with Gasteiger partial charge in [-0.1, -0.05) is 20.4 Å². The van der Waals surface area contributed by atoms with Crippen LogP contribution in [-0.2, 0) is 4.79 Å². The van der Waals surface area contributed by atoms with Crippen LogP contribution in [-0.4, -0.2) is 12.1 Å². The largest absolute Gasteiger partial charge is 0.431 e. The fourth-order valence-electron chi connectivity index (χ4n) is 0.700. The van der Waals surface area contributed by atoms with Crippen molar-refractivity contribution in [2.24, 2.45) is 0 Å². The predicted molar refractivity (Wildman–Crippen MR) is 58.7 cm³/mol. The molecule has 0 spiro atoms. The average molecular weight is 237 g/mol. The lowest BCUT2D eigenvalue weighted by molar-refractivity contribution is -0.123. The Morgan fingerprint density at radius 3 is 1.69 bits per heavy atom. The van der Waals surface area contributed by atoms with Gasteiger partial charge in [-0.15, -0.1) is 0 Å². The van der Waals surface area contributed by atoms with Gasteiger partial charge >= 0.3 is 6.18 Å². The molecule has 1 amide bonds. The minimum atomic E-state index is -4.54. The molecule has 0 aromatic rings. The molecule has 0 aliphatic carbocycles. The van der Waals surface area contributed by atoms with E-state index in [0.717, 1.165) is 0 Å². The smallest absolute Gasteiger partial charge is 0.318 e. The van der Waals surface area contributed by atoms with Crippen molar-refractivity contribution in [3.63, 3.8) is 0 Å². The second-order valence-electron chi connectivity index (χ2n) is 3.11. The summed E-state index contributed by atoms with van der Waals surface area (Å²) < 4.78 is 36.9. The zero-order valence-electron chi connectivity index (χ0n) is 10.2. The molecule has 0 radical (unpaired) electrons. The highest BCUT2D eigenvalue weighted by atomic mass is 19.4. The van der Waals surface area contributed by atoms with E-state index in [2.05, 4.69) is 6.58 Å². The monoisotopic (exact) mass is 237 g/mol. The van der Waals surface area contributed by atoms with Crippen molar-refractivity contribution in [1.82, 2.24) is 5.32 Å². The van der Waals surface area contributed by atoms with Crippen molar-refractivity contribution in [3.05, 3.63) is 23.4 Å². The Morgan fingerprint density at radius 2 is 1.50 bits per heavy atom. The van der Waals surface area contributed by atoms with Gasteiger partial charge < -0.3 is 5.32 Å². The minimum absolute atomic E-state index is 0.00657. The van der Waals surface area contributed by atoms with Gasteiger partial charge in [-0.25, -0.2) is 0 Å². The molecule has 0 aliphatic heterocycles. The van der Waals surface area contributed by atoms with Crippen molar-refractivity contribution in [2.75, 3.05) is 0 Å². The van der Waals surface area contributed by atoms with Gasteiger partial charge in [-0.05, 0) is 26.3 Å². The first kappa shape index (κ1) is 17.1. The Bertz CT molecular complexity index is 286. The SMILES string of the molecule is C=C(C)C(=O)NC(=C(C)C)C(F)(F)F.CC.